The molecule has 4 aliphatic carbocycles. The smallest absolute Gasteiger partial charge is 0.0352 e. The van der Waals surface area contributed by atoms with Crippen LogP contribution in [0.2, 0.25) is 0 Å². The van der Waals surface area contributed by atoms with Crippen LogP contribution in [0.5, 0.6) is 0 Å². The second kappa shape index (κ2) is 6.01. The summed E-state index contributed by atoms with van der Waals surface area (Å²) in [5.74, 6) is 6.92. The molecule has 4 aliphatic rings. The molecule has 0 heteroatoms. The summed E-state index contributed by atoms with van der Waals surface area (Å²) in [5, 5.41) is 0. The maximum atomic E-state index is 1.65. The van der Waals surface area contributed by atoms with E-state index in [9.17, 15) is 0 Å². The Labute approximate surface area is 126 Å². The Morgan fingerprint density at radius 1 is 0.550 bits per heavy atom. The molecule has 4 saturated carbocycles. The van der Waals surface area contributed by atoms with Crippen LogP contribution in [-0.2, 0) is 0 Å². The predicted octanol–water partition coefficient (Wildman–Crippen LogP) is 6.20. The van der Waals surface area contributed by atoms with Gasteiger partial charge in [-0.3, -0.25) is 0 Å². The minimum absolute atomic E-state index is 1.12. The van der Waals surface area contributed by atoms with Crippen molar-refractivity contribution in [3.8, 4) is 0 Å². The van der Waals surface area contributed by atoms with Crippen molar-refractivity contribution in [2.75, 3.05) is 0 Å². The Bertz CT molecular complexity index is 314. The number of hydrogen-bond acceptors (Lipinski definition) is 0. The lowest BCUT2D eigenvalue weighted by atomic mass is 9.67. The largest absolute Gasteiger partial charge is 0.0533 e. The van der Waals surface area contributed by atoms with Gasteiger partial charge in [0.1, 0.15) is 0 Å². The lowest BCUT2D eigenvalue weighted by Crippen LogP contribution is -2.29. The van der Waals surface area contributed by atoms with Gasteiger partial charge in [-0.05, 0) is 61.2 Å². The van der Waals surface area contributed by atoms with Crippen molar-refractivity contribution < 1.29 is 0 Å². The fourth-order valence-electron chi connectivity index (χ4n) is 6.88. The van der Waals surface area contributed by atoms with Crippen LogP contribution in [-0.4, -0.2) is 0 Å². The summed E-state index contributed by atoms with van der Waals surface area (Å²) in [6, 6.07) is 0. The zero-order chi connectivity index (χ0) is 13.4. The summed E-state index contributed by atoms with van der Waals surface area (Å²) in [7, 11) is 0. The van der Waals surface area contributed by atoms with Crippen molar-refractivity contribution in [1.82, 2.24) is 0 Å². The molecule has 4 rings (SSSR count). The molecule has 0 aliphatic heterocycles. The van der Waals surface area contributed by atoms with E-state index < -0.39 is 0 Å². The highest BCUT2D eigenvalue weighted by molar-refractivity contribution is 4.97. The van der Waals surface area contributed by atoms with E-state index in [-0.39, 0.29) is 0 Å². The van der Waals surface area contributed by atoms with Crippen LogP contribution >= 0.6 is 0 Å². The molecule has 0 spiro atoms. The summed E-state index contributed by atoms with van der Waals surface area (Å²) in [6.45, 7) is 0. The first-order valence-corrected chi connectivity index (χ1v) is 9.92. The Balaban J connectivity index is 1.42. The second-order valence-corrected chi connectivity index (χ2v) is 8.70. The van der Waals surface area contributed by atoms with Crippen molar-refractivity contribution >= 4 is 0 Å². The molecule has 0 aromatic rings. The molecule has 0 bridgehead atoms. The van der Waals surface area contributed by atoms with E-state index in [2.05, 4.69) is 0 Å². The van der Waals surface area contributed by atoms with Gasteiger partial charge in [0.2, 0.25) is 0 Å². The van der Waals surface area contributed by atoms with E-state index in [1.165, 1.54) is 37.0 Å². The van der Waals surface area contributed by atoms with Gasteiger partial charge in [-0.1, -0.05) is 64.2 Å². The zero-order valence-corrected chi connectivity index (χ0v) is 13.4. The standard InChI is InChI=1S/C20H34/c1-2-7-15(8-3-1)13-16-10-6-12-19-18-11-5-4-9-17(18)14-20(16)19/h15-20H,1-14H2. The maximum Gasteiger partial charge on any atom is -0.0352 e. The summed E-state index contributed by atoms with van der Waals surface area (Å²) in [5.41, 5.74) is 0. The average molecular weight is 274 g/mol. The van der Waals surface area contributed by atoms with Gasteiger partial charge < -0.3 is 0 Å². The van der Waals surface area contributed by atoms with Crippen LogP contribution in [0.1, 0.15) is 89.9 Å². The normalized spacial score (nSPS) is 45.9. The van der Waals surface area contributed by atoms with Crippen LogP contribution in [0.15, 0.2) is 0 Å². The second-order valence-electron chi connectivity index (χ2n) is 8.70. The molecule has 5 unspecified atom stereocenters. The van der Waals surface area contributed by atoms with Gasteiger partial charge in [0.25, 0.3) is 0 Å². The highest BCUT2D eigenvalue weighted by Gasteiger charge is 2.47. The SMILES string of the molecule is C1CCC(CC2CCCC3C4CCCCC4CC23)CC1. The van der Waals surface area contributed by atoms with E-state index in [4.69, 9.17) is 0 Å². The number of hydrogen-bond donors (Lipinski definition) is 0. The lowest BCUT2D eigenvalue weighted by molar-refractivity contribution is 0.114. The van der Waals surface area contributed by atoms with E-state index in [0.717, 1.165) is 17.8 Å². The molecule has 20 heavy (non-hydrogen) atoms. The van der Waals surface area contributed by atoms with E-state index in [1.54, 1.807) is 70.6 Å². The molecule has 0 aromatic carbocycles. The first kappa shape index (κ1) is 13.6. The molecular formula is C20H34. The molecular weight excluding hydrogens is 240 g/mol. The van der Waals surface area contributed by atoms with Gasteiger partial charge in [0.15, 0.2) is 0 Å². The topological polar surface area (TPSA) is 0 Å². The van der Waals surface area contributed by atoms with E-state index in [1.807, 2.05) is 0 Å². The van der Waals surface area contributed by atoms with Crippen LogP contribution in [0.25, 0.3) is 0 Å². The molecule has 0 radical (unpaired) electrons. The summed E-state index contributed by atoms with van der Waals surface area (Å²) in [6.07, 6.45) is 22.1. The maximum absolute atomic E-state index is 1.65. The van der Waals surface area contributed by atoms with Crippen molar-refractivity contribution in [3.05, 3.63) is 0 Å². The van der Waals surface area contributed by atoms with Crippen molar-refractivity contribution in [3.63, 3.8) is 0 Å². The Morgan fingerprint density at radius 3 is 2.20 bits per heavy atom. The minimum atomic E-state index is 1.12. The third-order valence-electron chi connectivity index (χ3n) is 7.72. The summed E-state index contributed by atoms with van der Waals surface area (Å²) >= 11 is 0. The van der Waals surface area contributed by atoms with Crippen LogP contribution in [0.4, 0.5) is 0 Å². The molecule has 4 fully saturated rings. The van der Waals surface area contributed by atoms with Crippen LogP contribution in [0.3, 0.4) is 0 Å². The Hall–Kier alpha value is 0. The fourth-order valence-corrected chi connectivity index (χ4v) is 6.88. The monoisotopic (exact) mass is 274 g/mol. The van der Waals surface area contributed by atoms with Crippen LogP contribution < -0.4 is 0 Å². The molecule has 0 saturated heterocycles. The van der Waals surface area contributed by atoms with Gasteiger partial charge in [-0.15, -0.1) is 0 Å². The van der Waals surface area contributed by atoms with Crippen molar-refractivity contribution in [1.29, 1.82) is 0 Å². The van der Waals surface area contributed by atoms with Crippen LogP contribution in [0, 0.1) is 35.5 Å². The van der Waals surface area contributed by atoms with Crippen molar-refractivity contribution in [2.24, 2.45) is 35.5 Å². The highest BCUT2D eigenvalue weighted by atomic mass is 14.5. The molecule has 0 amide bonds. The molecule has 114 valence electrons. The summed E-state index contributed by atoms with van der Waals surface area (Å²) in [4.78, 5) is 0. The van der Waals surface area contributed by atoms with Crippen molar-refractivity contribution in [2.45, 2.75) is 89.9 Å². The van der Waals surface area contributed by atoms with E-state index >= 15 is 0 Å². The summed E-state index contributed by atoms with van der Waals surface area (Å²) < 4.78 is 0. The first-order chi connectivity index (χ1) is 9.92. The number of rotatable bonds is 2. The Kier molecular flexibility index (Phi) is 4.10. The molecule has 0 N–H and O–H groups in total. The van der Waals surface area contributed by atoms with Gasteiger partial charge >= 0.3 is 0 Å². The quantitative estimate of drug-likeness (QED) is 0.562. The third-order valence-corrected chi connectivity index (χ3v) is 7.72. The number of fused-ring (bicyclic) bond motifs is 3. The van der Waals surface area contributed by atoms with Gasteiger partial charge in [-0.25, -0.2) is 0 Å². The molecule has 0 nitrogen and oxygen atoms in total. The third kappa shape index (κ3) is 2.57. The van der Waals surface area contributed by atoms with Gasteiger partial charge in [0.05, 0.1) is 0 Å². The Morgan fingerprint density at radius 2 is 1.30 bits per heavy atom. The van der Waals surface area contributed by atoms with Gasteiger partial charge in [0, 0.05) is 0 Å². The predicted molar refractivity (Wildman–Crippen MR) is 85.6 cm³/mol. The average Bonchev–Trinajstić information content (AvgIpc) is 2.88. The molecule has 0 aromatic heterocycles. The van der Waals surface area contributed by atoms with Gasteiger partial charge in [-0.2, -0.15) is 0 Å². The minimum Gasteiger partial charge on any atom is -0.0533 e. The lowest BCUT2D eigenvalue weighted by Gasteiger charge is -2.39. The van der Waals surface area contributed by atoms with E-state index in [0.29, 0.717) is 0 Å². The molecule has 0 heterocycles. The molecule has 5 atom stereocenters. The highest BCUT2D eigenvalue weighted by Crippen LogP contribution is 2.57. The fraction of sp³-hybridized carbons (Fsp3) is 1.00. The first-order valence-electron chi connectivity index (χ1n) is 9.92. The zero-order valence-electron chi connectivity index (χ0n) is 13.4.